The molecule has 1 heterocycles. The van der Waals surface area contributed by atoms with E-state index in [0.717, 1.165) is 41.6 Å². The van der Waals surface area contributed by atoms with Gasteiger partial charge in [-0.25, -0.2) is 13.6 Å². The zero-order valence-electron chi connectivity index (χ0n) is 16.5. The fourth-order valence-electron chi connectivity index (χ4n) is 3.72. The highest BCUT2D eigenvalue weighted by Gasteiger charge is 2.18. The minimum Gasteiger partial charge on any atom is -0.484 e. The highest BCUT2D eigenvalue weighted by molar-refractivity contribution is 7.89. The number of hydrogen-bond acceptors (Lipinski definition) is 5. The largest absolute Gasteiger partial charge is 0.484 e. The number of nitrogens with one attached hydrogen (secondary N) is 1. The molecule has 4 rings (SSSR count). The molecular weight excluding hydrogens is 404 g/mol. The first-order valence-corrected chi connectivity index (χ1v) is 11.5. The molecule has 158 valence electrons. The highest BCUT2D eigenvalue weighted by atomic mass is 32.2. The van der Waals surface area contributed by atoms with Crippen molar-refractivity contribution in [1.29, 1.82) is 0 Å². The molecule has 0 saturated carbocycles. The van der Waals surface area contributed by atoms with Gasteiger partial charge in [-0.3, -0.25) is 4.79 Å². The molecule has 3 N–H and O–H groups in total. The molecule has 0 unspecified atom stereocenters. The van der Waals surface area contributed by atoms with Gasteiger partial charge >= 0.3 is 0 Å². The number of carbonyl (C=O) groups is 1. The molecule has 0 saturated heterocycles. The number of ether oxygens (including phenoxy) is 1. The van der Waals surface area contributed by atoms with Crippen molar-refractivity contribution in [3.05, 3.63) is 59.4 Å². The van der Waals surface area contributed by atoms with Crippen molar-refractivity contribution in [2.45, 2.75) is 37.0 Å². The maximum Gasteiger partial charge on any atom is 0.257 e. The summed E-state index contributed by atoms with van der Waals surface area (Å²) in [7, 11) is -3.69. The summed E-state index contributed by atoms with van der Waals surface area (Å²) in [6.07, 6.45) is 4.90. The topological polar surface area (TPSA) is 112 Å². The van der Waals surface area contributed by atoms with E-state index in [1.54, 1.807) is 12.1 Å². The Labute approximate surface area is 175 Å². The molecule has 3 aromatic rings. The van der Waals surface area contributed by atoms with E-state index >= 15 is 0 Å². The summed E-state index contributed by atoms with van der Waals surface area (Å²) in [5.41, 5.74) is 3.03. The number of fused-ring (bicyclic) bond motifs is 3. The summed E-state index contributed by atoms with van der Waals surface area (Å²) in [6, 6.07) is 11.9. The van der Waals surface area contributed by atoms with Gasteiger partial charge in [-0.05, 0) is 61.6 Å². The summed E-state index contributed by atoms with van der Waals surface area (Å²) >= 11 is 0. The third kappa shape index (κ3) is 4.66. The van der Waals surface area contributed by atoms with E-state index in [1.807, 2.05) is 18.2 Å². The van der Waals surface area contributed by atoms with Crippen LogP contribution >= 0.6 is 0 Å². The van der Waals surface area contributed by atoms with Gasteiger partial charge in [0.15, 0.2) is 6.61 Å². The van der Waals surface area contributed by atoms with Crippen LogP contribution in [0.3, 0.4) is 0 Å². The Kier molecular flexibility index (Phi) is 5.78. The number of primary sulfonamides is 1. The van der Waals surface area contributed by atoms with Crippen LogP contribution in [0.5, 0.6) is 5.75 Å². The molecule has 0 spiro atoms. The molecule has 2 aromatic carbocycles. The number of amides is 1. The van der Waals surface area contributed by atoms with Gasteiger partial charge in [0.2, 0.25) is 10.0 Å². The number of nitrogens with two attached hydrogens (primary N) is 1. The normalized spacial score (nSPS) is 13.8. The van der Waals surface area contributed by atoms with Crippen molar-refractivity contribution < 1.29 is 22.4 Å². The summed E-state index contributed by atoms with van der Waals surface area (Å²) in [6.45, 7) is 0.348. The van der Waals surface area contributed by atoms with Crippen LogP contribution in [0.15, 0.2) is 51.8 Å². The van der Waals surface area contributed by atoms with Gasteiger partial charge in [-0.15, -0.1) is 0 Å². The third-order valence-corrected chi connectivity index (χ3v) is 6.21. The first-order valence-electron chi connectivity index (χ1n) is 9.96. The van der Waals surface area contributed by atoms with Gasteiger partial charge in [-0.1, -0.05) is 12.1 Å². The van der Waals surface area contributed by atoms with Crippen LogP contribution < -0.4 is 15.2 Å². The number of benzene rings is 2. The molecule has 8 heteroatoms. The minimum atomic E-state index is -3.69. The molecule has 1 amide bonds. The third-order valence-electron chi connectivity index (χ3n) is 5.28. The van der Waals surface area contributed by atoms with Crippen molar-refractivity contribution in [2.24, 2.45) is 5.14 Å². The number of furan rings is 1. The molecule has 0 radical (unpaired) electrons. The van der Waals surface area contributed by atoms with Crippen molar-refractivity contribution in [1.82, 2.24) is 5.32 Å². The quantitative estimate of drug-likeness (QED) is 0.601. The standard InChI is InChI=1S/C22H24N2O5S/c23-30(26,27)17-8-5-15(6-9-17)11-12-24-22(25)14-28-16-7-10-21-19(13-16)18-3-1-2-4-20(18)29-21/h5-10,13H,1-4,11-12,14H2,(H,24,25)(H2,23,26,27). The average Bonchev–Trinajstić information content (AvgIpc) is 3.10. The molecule has 30 heavy (non-hydrogen) atoms. The Bertz CT molecular complexity index is 1170. The Morgan fingerprint density at radius 3 is 2.63 bits per heavy atom. The van der Waals surface area contributed by atoms with Crippen molar-refractivity contribution >= 4 is 26.9 Å². The van der Waals surface area contributed by atoms with E-state index in [0.29, 0.717) is 18.7 Å². The highest BCUT2D eigenvalue weighted by Crippen LogP contribution is 2.33. The van der Waals surface area contributed by atoms with Crippen molar-refractivity contribution in [3.63, 3.8) is 0 Å². The lowest BCUT2D eigenvalue weighted by Gasteiger charge is -2.09. The summed E-state index contributed by atoms with van der Waals surface area (Å²) in [4.78, 5) is 12.2. The van der Waals surface area contributed by atoms with Gasteiger partial charge in [0.05, 0.1) is 4.90 Å². The molecule has 7 nitrogen and oxygen atoms in total. The lowest BCUT2D eigenvalue weighted by Crippen LogP contribution is -2.30. The molecule has 0 aliphatic heterocycles. The maximum absolute atomic E-state index is 12.1. The fraction of sp³-hybridized carbons (Fsp3) is 0.318. The fourth-order valence-corrected chi connectivity index (χ4v) is 4.24. The Morgan fingerprint density at radius 2 is 1.87 bits per heavy atom. The smallest absolute Gasteiger partial charge is 0.257 e. The van der Waals surface area contributed by atoms with E-state index in [2.05, 4.69) is 5.32 Å². The lowest BCUT2D eigenvalue weighted by atomic mass is 9.96. The number of aryl methyl sites for hydroxylation is 2. The van der Waals surface area contributed by atoms with Crippen LogP contribution in [0, 0.1) is 0 Å². The summed E-state index contributed by atoms with van der Waals surface area (Å²) in [5, 5.41) is 8.96. The van der Waals surface area contributed by atoms with E-state index < -0.39 is 10.0 Å². The van der Waals surface area contributed by atoms with Gasteiger partial charge in [0.1, 0.15) is 17.1 Å². The molecule has 1 aliphatic rings. The predicted molar refractivity (Wildman–Crippen MR) is 113 cm³/mol. The summed E-state index contributed by atoms with van der Waals surface area (Å²) < 4.78 is 34.1. The minimum absolute atomic E-state index is 0.0690. The average molecular weight is 429 g/mol. The van der Waals surface area contributed by atoms with E-state index in [4.69, 9.17) is 14.3 Å². The van der Waals surface area contributed by atoms with E-state index in [1.165, 1.54) is 24.1 Å². The van der Waals surface area contributed by atoms with Gasteiger partial charge in [0, 0.05) is 23.9 Å². The van der Waals surface area contributed by atoms with Crippen molar-refractivity contribution in [2.75, 3.05) is 13.2 Å². The van der Waals surface area contributed by atoms with Gasteiger partial charge in [0.25, 0.3) is 5.91 Å². The summed E-state index contributed by atoms with van der Waals surface area (Å²) in [5.74, 6) is 1.50. The van der Waals surface area contributed by atoms with Gasteiger partial charge in [-0.2, -0.15) is 0 Å². The second-order valence-electron chi connectivity index (χ2n) is 7.45. The molecule has 0 fully saturated rings. The number of carbonyl (C=O) groups excluding carboxylic acids is 1. The van der Waals surface area contributed by atoms with Gasteiger partial charge < -0.3 is 14.5 Å². The number of hydrogen-bond donors (Lipinski definition) is 2. The Balaban J connectivity index is 1.27. The predicted octanol–water partition coefficient (Wildman–Crippen LogP) is 2.70. The number of sulfonamides is 1. The van der Waals surface area contributed by atoms with Crippen LogP contribution in [0.1, 0.15) is 29.7 Å². The zero-order valence-corrected chi connectivity index (χ0v) is 17.3. The van der Waals surface area contributed by atoms with Crippen LogP contribution in [-0.4, -0.2) is 27.5 Å². The molecule has 0 atom stereocenters. The maximum atomic E-state index is 12.1. The van der Waals surface area contributed by atoms with Crippen LogP contribution in [0.25, 0.3) is 11.0 Å². The zero-order chi connectivity index (χ0) is 21.1. The molecule has 1 aliphatic carbocycles. The van der Waals surface area contributed by atoms with E-state index in [-0.39, 0.29) is 17.4 Å². The first-order chi connectivity index (χ1) is 14.4. The lowest BCUT2D eigenvalue weighted by molar-refractivity contribution is -0.123. The van der Waals surface area contributed by atoms with Crippen LogP contribution in [0.4, 0.5) is 0 Å². The molecular formula is C22H24N2O5S. The second kappa shape index (κ2) is 8.49. The second-order valence-corrected chi connectivity index (χ2v) is 9.01. The molecule has 1 aromatic heterocycles. The molecule has 0 bridgehead atoms. The Morgan fingerprint density at radius 1 is 1.10 bits per heavy atom. The van der Waals surface area contributed by atoms with E-state index in [9.17, 15) is 13.2 Å². The Hall–Kier alpha value is -2.84. The first kappa shape index (κ1) is 20.4. The van der Waals surface area contributed by atoms with Crippen molar-refractivity contribution in [3.8, 4) is 5.75 Å². The monoisotopic (exact) mass is 428 g/mol. The number of rotatable bonds is 7. The van der Waals surface area contributed by atoms with Crippen LogP contribution in [0.2, 0.25) is 0 Å². The van der Waals surface area contributed by atoms with Crippen LogP contribution in [-0.2, 0) is 34.1 Å². The SMILES string of the molecule is NS(=O)(=O)c1ccc(CCNC(=O)COc2ccc3oc4c(c3c2)CCCC4)cc1.